The van der Waals surface area contributed by atoms with Crippen molar-refractivity contribution in [3.05, 3.63) is 64.1 Å². The molecule has 3 rings (SSSR count). The van der Waals surface area contributed by atoms with Crippen molar-refractivity contribution in [2.75, 3.05) is 0 Å². The number of hydrogen-bond acceptors (Lipinski definition) is 4. The van der Waals surface area contributed by atoms with Gasteiger partial charge in [0.2, 0.25) is 0 Å². The first-order valence-electron chi connectivity index (χ1n) is 8.20. The molecule has 1 aromatic carbocycles. The molecule has 1 aliphatic rings. The van der Waals surface area contributed by atoms with E-state index in [-0.39, 0.29) is 17.8 Å². The third-order valence-electron chi connectivity index (χ3n) is 4.42. The molecule has 0 spiro atoms. The van der Waals surface area contributed by atoms with Gasteiger partial charge in [-0.3, -0.25) is 14.4 Å². The Kier molecular flexibility index (Phi) is 4.92. The van der Waals surface area contributed by atoms with Gasteiger partial charge in [-0.1, -0.05) is 36.8 Å². The molecule has 1 saturated carbocycles. The van der Waals surface area contributed by atoms with E-state index in [0.29, 0.717) is 12.8 Å². The van der Waals surface area contributed by atoms with E-state index in [1.807, 2.05) is 30.3 Å². The summed E-state index contributed by atoms with van der Waals surface area (Å²) in [6.07, 6.45) is 1.95. The highest BCUT2D eigenvalue weighted by Gasteiger charge is 2.34. The number of rotatable bonds is 5. The second-order valence-corrected chi connectivity index (χ2v) is 6.16. The Morgan fingerprint density at radius 2 is 1.92 bits per heavy atom. The van der Waals surface area contributed by atoms with Crippen LogP contribution in [-0.4, -0.2) is 32.8 Å². The van der Waals surface area contributed by atoms with Crippen LogP contribution in [0.5, 0.6) is 0 Å². The van der Waals surface area contributed by atoms with E-state index >= 15 is 0 Å². The topological polar surface area (TPSA) is 101 Å². The zero-order chi connectivity index (χ0) is 17.8. The highest BCUT2D eigenvalue weighted by molar-refractivity contribution is 5.92. The van der Waals surface area contributed by atoms with Crippen LogP contribution in [-0.2, 0) is 11.3 Å². The van der Waals surface area contributed by atoms with Gasteiger partial charge in [-0.15, -0.1) is 0 Å². The molecule has 0 aliphatic heterocycles. The molecule has 1 fully saturated rings. The van der Waals surface area contributed by atoms with Crippen molar-refractivity contribution >= 4 is 11.9 Å². The van der Waals surface area contributed by atoms with E-state index in [1.165, 1.54) is 16.8 Å². The van der Waals surface area contributed by atoms with Crippen molar-refractivity contribution in [3.63, 3.8) is 0 Å². The quantitative estimate of drug-likeness (QED) is 0.853. The van der Waals surface area contributed by atoms with E-state index < -0.39 is 23.8 Å². The Morgan fingerprint density at radius 1 is 1.16 bits per heavy atom. The Bertz CT molecular complexity index is 832. The van der Waals surface area contributed by atoms with Crippen molar-refractivity contribution in [3.8, 4) is 0 Å². The summed E-state index contributed by atoms with van der Waals surface area (Å²) in [5.41, 5.74) is 0.702. The molecule has 1 aliphatic carbocycles. The minimum Gasteiger partial charge on any atom is -0.481 e. The fourth-order valence-electron chi connectivity index (χ4n) is 3.11. The fraction of sp³-hybridized carbons (Fsp3) is 0.333. The van der Waals surface area contributed by atoms with Crippen LogP contribution in [0.4, 0.5) is 0 Å². The zero-order valence-corrected chi connectivity index (χ0v) is 13.6. The summed E-state index contributed by atoms with van der Waals surface area (Å²) in [7, 11) is 0. The van der Waals surface area contributed by atoms with Crippen LogP contribution in [0.2, 0.25) is 0 Å². The van der Waals surface area contributed by atoms with Gasteiger partial charge in [0, 0.05) is 12.1 Å². The predicted octanol–water partition coefficient (Wildman–Crippen LogP) is 1.27. The van der Waals surface area contributed by atoms with Gasteiger partial charge in [0.25, 0.3) is 11.5 Å². The molecule has 1 aromatic heterocycles. The molecule has 0 bridgehead atoms. The molecular formula is C18H19N3O4. The first kappa shape index (κ1) is 16.9. The predicted molar refractivity (Wildman–Crippen MR) is 90.3 cm³/mol. The lowest BCUT2D eigenvalue weighted by Crippen LogP contribution is -2.41. The smallest absolute Gasteiger partial charge is 0.308 e. The monoisotopic (exact) mass is 341 g/mol. The van der Waals surface area contributed by atoms with Crippen LogP contribution in [0, 0.1) is 5.92 Å². The number of aliphatic carboxylic acids is 1. The SMILES string of the molecule is O=C(N[C@H]1CCC[C@H]1C(=O)O)c1ccc(=O)n(Cc2ccccc2)n1. The lowest BCUT2D eigenvalue weighted by Gasteiger charge is -2.17. The lowest BCUT2D eigenvalue weighted by molar-refractivity contribution is -0.142. The first-order chi connectivity index (χ1) is 12.0. The number of benzene rings is 1. The number of carboxylic acid groups (broad SMARTS) is 1. The molecule has 1 amide bonds. The average Bonchev–Trinajstić information content (AvgIpc) is 3.06. The van der Waals surface area contributed by atoms with Crippen molar-refractivity contribution in [1.82, 2.24) is 15.1 Å². The maximum Gasteiger partial charge on any atom is 0.308 e. The molecule has 130 valence electrons. The molecule has 0 unspecified atom stereocenters. The molecule has 7 heteroatoms. The molecule has 0 saturated heterocycles. The van der Waals surface area contributed by atoms with Crippen LogP contribution in [0.3, 0.4) is 0 Å². The maximum absolute atomic E-state index is 12.4. The molecule has 7 nitrogen and oxygen atoms in total. The minimum atomic E-state index is -0.898. The Morgan fingerprint density at radius 3 is 2.64 bits per heavy atom. The molecule has 25 heavy (non-hydrogen) atoms. The highest BCUT2D eigenvalue weighted by atomic mass is 16.4. The van der Waals surface area contributed by atoms with E-state index in [2.05, 4.69) is 10.4 Å². The molecular weight excluding hydrogens is 322 g/mol. The summed E-state index contributed by atoms with van der Waals surface area (Å²) in [5.74, 6) is -1.93. The van der Waals surface area contributed by atoms with Crippen LogP contribution >= 0.6 is 0 Å². The van der Waals surface area contributed by atoms with E-state index in [0.717, 1.165) is 12.0 Å². The number of carboxylic acids is 1. The number of hydrogen-bond donors (Lipinski definition) is 2. The summed E-state index contributed by atoms with van der Waals surface area (Å²) >= 11 is 0. The van der Waals surface area contributed by atoms with Crippen LogP contribution in [0.25, 0.3) is 0 Å². The maximum atomic E-state index is 12.4. The summed E-state index contributed by atoms with van der Waals surface area (Å²) in [4.78, 5) is 35.6. The first-order valence-corrected chi connectivity index (χ1v) is 8.20. The Hall–Kier alpha value is -2.96. The zero-order valence-electron chi connectivity index (χ0n) is 13.6. The third kappa shape index (κ3) is 3.93. The van der Waals surface area contributed by atoms with Crippen LogP contribution < -0.4 is 10.9 Å². The summed E-state index contributed by atoms with van der Waals surface area (Å²) in [5, 5.41) is 16.1. The summed E-state index contributed by atoms with van der Waals surface area (Å²) < 4.78 is 1.23. The Balaban J connectivity index is 1.76. The lowest BCUT2D eigenvalue weighted by atomic mass is 10.0. The molecule has 2 aromatic rings. The Labute approximate surface area is 144 Å². The molecule has 2 atom stereocenters. The van der Waals surface area contributed by atoms with Crippen LogP contribution in [0.15, 0.2) is 47.3 Å². The van der Waals surface area contributed by atoms with Crippen molar-refractivity contribution in [2.24, 2.45) is 5.92 Å². The normalized spacial score (nSPS) is 19.5. The van der Waals surface area contributed by atoms with Gasteiger partial charge in [-0.25, -0.2) is 4.68 Å². The second-order valence-electron chi connectivity index (χ2n) is 6.16. The number of nitrogens with one attached hydrogen (secondary N) is 1. The van der Waals surface area contributed by atoms with E-state index in [1.54, 1.807) is 0 Å². The van der Waals surface area contributed by atoms with Gasteiger partial charge in [0.15, 0.2) is 0 Å². The van der Waals surface area contributed by atoms with E-state index in [4.69, 9.17) is 0 Å². The van der Waals surface area contributed by atoms with Gasteiger partial charge in [-0.2, -0.15) is 5.10 Å². The average molecular weight is 341 g/mol. The van der Waals surface area contributed by atoms with Gasteiger partial charge in [0.05, 0.1) is 12.5 Å². The second kappa shape index (κ2) is 7.29. The van der Waals surface area contributed by atoms with Crippen LogP contribution in [0.1, 0.15) is 35.3 Å². The third-order valence-corrected chi connectivity index (χ3v) is 4.42. The highest BCUT2D eigenvalue weighted by Crippen LogP contribution is 2.25. The number of nitrogens with zero attached hydrogens (tertiary/aromatic N) is 2. The largest absolute Gasteiger partial charge is 0.481 e. The van der Waals surface area contributed by atoms with Crippen molar-refractivity contribution < 1.29 is 14.7 Å². The number of aromatic nitrogens is 2. The standard InChI is InChI=1S/C18H19N3O4/c22-16-10-9-15(20-21(16)11-12-5-2-1-3-6-12)17(23)19-14-8-4-7-13(14)18(24)25/h1-3,5-6,9-10,13-14H,4,7-8,11H2,(H,19,23)(H,24,25)/t13-,14+/m1/s1. The van der Waals surface area contributed by atoms with Gasteiger partial charge < -0.3 is 10.4 Å². The number of amides is 1. The molecule has 2 N–H and O–H groups in total. The van der Waals surface area contributed by atoms with Crippen molar-refractivity contribution in [2.45, 2.75) is 31.8 Å². The number of carbonyl (C=O) groups is 2. The molecule has 0 radical (unpaired) electrons. The molecule has 1 heterocycles. The van der Waals surface area contributed by atoms with Gasteiger partial charge >= 0.3 is 5.97 Å². The van der Waals surface area contributed by atoms with Gasteiger partial charge in [0.1, 0.15) is 5.69 Å². The minimum absolute atomic E-state index is 0.103. The summed E-state index contributed by atoms with van der Waals surface area (Å²) in [6, 6.07) is 11.6. The number of carbonyl (C=O) groups excluding carboxylic acids is 1. The van der Waals surface area contributed by atoms with Gasteiger partial charge in [-0.05, 0) is 24.5 Å². The van der Waals surface area contributed by atoms with Crippen molar-refractivity contribution in [1.29, 1.82) is 0 Å². The van der Waals surface area contributed by atoms with E-state index in [9.17, 15) is 19.5 Å². The fourth-order valence-corrected chi connectivity index (χ4v) is 3.11. The summed E-state index contributed by atoms with van der Waals surface area (Å²) in [6.45, 7) is 0.266.